The molecular formula is C32H34FN3O5. The third-order valence-electron chi connectivity index (χ3n) is 6.92. The monoisotopic (exact) mass is 558 g/mol. The molecule has 1 saturated heterocycles. The van der Waals surface area contributed by atoms with E-state index < -0.39 is 30.6 Å². The highest BCUT2D eigenvalue weighted by Crippen LogP contribution is 2.25. The van der Waals surface area contributed by atoms with Crippen LogP contribution in [0, 0.1) is 0 Å². The van der Waals surface area contributed by atoms with E-state index in [1.807, 2.05) is 36.4 Å². The van der Waals surface area contributed by atoms with E-state index in [1.54, 1.807) is 55.5 Å². The first kappa shape index (κ1) is 29.6. The number of esters is 1. The average molecular weight is 559 g/mol. The van der Waals surface area contributed by atoms with Crippen molar-refractivity contribution in [2.75, 3.05) is 18.5 Å². The van der Waals surface area contributed by atoms with Gasteiger partial charge >= 0.3 is 11.9 Å². The zero-order valence-electron chi connectivity index (χ0n) is 22.9. The van der Waals surface area contributed by atoms with Gasteiger partial charge in [-0.2, -0.15) is 0 Å². The van der Waals surface area contributed by atoms with Crippen molar-refractivity contribution in [3.8, 4) is 0 Å². The molecule has 0 bridgehead atoms. The van der Waals surface area contributed by atoms with Crippen molar-refractivity contribution in [1.82, 2.24) is 4.90 Å². The van der Waals surface area contributed by atoms with E-state index in [0.29, 0.717) is 29.8 Å². The zero-order chi connectivity index (χ0) is 29.2. The molecule has 9 heteroatoms. The smallest absolute Gasteiger partial charge is 0.340 e. The number of ether oxygens (including phenoxy) is 1. The number of nitrogens with one attached hydrogen (secondary N) is 1. The number of rotatable bonds is 12. The minimum absolute atomic E-state index is 0.0215. The standard InChI is InChI=1S/C32H34FN3O5/c1-2-41-32(40)25(33)20-27(31(38)39)34-29(23-14-7-4-8-15-23)24-16-9-10-17-26(24)35-30(37)28-18-11-19-36(28)21-22-12-5-3-6-13-22/h3-10,12-17,25,27-28H,2,11,18-21H2,1H3,(H,35,37)(H,38,39)/t25?,27-,28?/m0/s1/i33-1. The van der Waals surface area contributed by atoms with Crippen molar-refractivity contribution < 1.29 is 28.6 Å². The molecule has 1 aliphatic heterocycles. The SMILES string of the molecule is CCOC(=O)C([18F])C[C@H](N=C(c1ccccc1)c1ccccc1NC(=O)C1CCCN1Cc1ccccc1)C(=O)O. The van der Waals surface area contributed by atoms with Crippen molar-refractivity contribution in [3.05, 3.63) is 102 Å². The zero-order valence-corrected chi connectivity index (χ0v) is 22.9. The molecule has 0 saturated carbocycles. The lowest BCUT2D eigenvalue weighted by atomic mass is 9.99. The van der Waals surface area contributed by atoms with Crippen LogP contribution in [0.4, 0.5) is 10.1 Å². The summed E-state index contributed by atoms with van der Waals surface area (Å²) in [6.07, 6.45) is -1.22. The molecule has 3 aromatic rings. The van der Waals surface area contributed by atoms with Crippen molar-refractivity contribution in [2.45, 2.75) is 51.0 Å². The number of likely N-dealkylation sites (tertiary alicyclic amines) is 1. The molecule has 41 heavy (non-hydrogen) atoms. The number of alkyl halides is 1. The number of benzene rings is 3. The van der Waals surface area contributed by atoms with Crippen LogP contribution < -0.4 is 5.32 Å². The molecule has 2 N–H and O–H groups in total. The van der Waals surface area contributed by atoms with E-state index in [2.05, 4.69) is 15.2 Å². The maximum absolute atomic E-state index is 14.6. The van der Waals surface area contributed by atoms with Crippen molar-refractivity contribution in [2.24, 2.45) is 4.99 Å². The first-order chi connectivity index (χ1) is 19.9. The number of aliphatic imine (C=N–C) groups is 1. The number of halogens is 1. The fourth-order valence-corrected chi connectivity index (χ4v) is 4.93. The second-order valence-corrected chi connectivity index (χ2v) is 9.80. The van der Waals surface area contributed by atoms with Crippen LogP contribution in [0.3, 0.4) is 0 Å². The normalized spacial score (nSPS) is 17.0. The van der Waals surface area contributed by atoms with Gasteiger partial charge in [-0.25, -0.2) is 14.0 Å². The van der Waals surface area contributed by atoms with Gasteiger partial charge in [-0.1, -0.05) is 78.9 Å². The number of amides is 1. The largest absolute Gasteiger partial charge is 0.480 e. The van der Waals surface area contributed by atoms with Gasteiger partial charge in [-0.15, -0.1) is 0 Å². The predicted octanol–water partition coefficient (Wildman–Crippen LogP) is 4.87. The molecular weight excluding hydrogens is 524 g/mol. The molecule has 0 spiro atoms. The summed E-state index contributed by atoms with van der Waals surface area (Å²) in [5.41, 5.74) is 2.91. The van der Waals surface area contributed by atoms with E-state index in [-0.39, 0.29) is 24.3 Å². The molecule has 3 aromatic carbocycles. The van der Waals surface area contributed by atoms with Gasteiger partial charge in [-0.05, 0) is 37.9 Å². The molecule has 0 aromatic heterocycles. The van der Waals surface area contributed by atoms with E-state index >= 15 is 0 Å². The summed E-state index contributed by atoms with van der Waals surface area (Å²) in [7, 11) is 0. The first-order valence-corrected chi connectivity index (χ1v) is 13.7. The number of para-hydroxylation sites is 1. The van der Waals surface area contributed by atoms with Crippen LogP contribution in [-0.4, -0.2) is 65.0 Å². The number of hydrogen-bond acceptors (Lipinski definition) is 6. The Morgan fingerprint density at radius 1 is 1.02 bits per heavy atom. The Hall–Kier alpha value is -4.37. The van der Waals surface area contributed by atoms with Crippen molar-refractivity contribution in [3.63, 3.8) is 0 Å². The fraction of sp³-hybridized carbons (Fsp3) is 0.312. The van der Waals surface area contributed by atoms with Gasteiger partial charge in [0.05, 0.1) is 24.0 Å². The quantitative estimate of drug-likeness (QED) is 0.243. The molecule has 2 unspecified atom stereocenters. The molecule has 1 amide bonds. The highest BCUT2D eigenvalue weighted by atomic mass is 18.2. The molecule has 0 radical (unpaired) electrons. The summed E-state index contributed by atoms with van der Waals surface area (Å²) in [5.74, 6) is -2.67. The molecule has 1 heterocycles. The first-order valence-electron chi connectivity index (χ1n) is 13.7. The molecule has 0 aliphatic carbocycles. The number of carboxylic acids is 1. The summed E-state index contributed by atoms with van der Waals surface area (Å²) in [6.45, 7) is 2.98. The lowest BCUT2D eigenvalue weighted by Crippen LogP contribution is -2.39. The number of carboxylic acid groups (broad SMARTS) is 1. The van der Waals surface area contributed by atoms with Crippen LogP contribution in [0.2, 0.25) is 0 Å². The predicted molar refractivity (Wildman–Crippen MR) is 155 cm³/mol. The van der Waals surface area contributed by atoms with Crippen LogP contribution in [0.1, 0.15) is 42.9 Å². The van der Waals surface area contributed by atoms with Gasteiger partial charge < -0.3 is 15.2 Å². The number of aliphatic carboxylic acids is 1. The fourth-order valence-electron chi connectivity index (χ4n) is 4.93. The maximum atomic E-state index is 14.6. The lowest BCUT2D eigenvalue weighted by molar-refractivity contribution is -0.150. The molecule has 214 valence electrons. The minimum Gasteiger partial charge on any atom is -0.480 e. The summed E-state index contributed by atoms with van der Waals surface area (Å²) in [5, 5.41) is 12.9. The highest BCUT2D eigenvalue weighted by Gasteiger charge is 2.32. The van der Waals surface area contributed by atoms with Crippen molar-refractivity contribution in [1.29, 1.82) is 0 Å². The van der Waals surface area contributed by atoms with Crippen LogP contribution in [0.15, 0.2) is 89.9 Å². The number of carbonyl (C=O) groups excluding carboxylic acids is 2. The Morgan fingerprint density at radius 2 is 1.68 bits per heavy atom. The Balaban J connectivity index is 1.64. The van der Waals surface area contributed by atoms with Gasteiger partial charge in [-0.3, -0.25) is 14.7 Å². The van der Waals surface area contributed by atoms with Crippen molar-refractivity contribution >= 4 is 29.2 Å². The Labute approximate surface area is 238 Å². The lowest BCUT2D eigenvalue weighted by Gasteiger charge is -2.24. The number of nitrogens with zero attached hydrogens (tertiary/aromatic N) is 2. The summed E-state index contributed by atoms with van der Waals surface area (Å²) >= 11 is 0. The minimum atomic E-state index is -2.15. The van der Waals surface area contributed by atoms with Gasteiger partial charge in [0.15, 0.2) is 12.2 Å². The summed E-state index contributed by atoms with van der Waals surface area (Å²) in [4.78, 5) is 44.2. The third-order valence-corrected chi connectivity index (χ3v) is 6.92. The van der Waals surface area contributed by atoms with Gasteiger partial charge in [0.1, 0.15) is 0 Å². The number of carbonyl (C=O) groups is 3. The number of anilines is 1. The van der Waals surface area contributed by atoms with Gasteiger partial charge in [0, 0.05) is 24.1 Å². The summed E-state index contributed by atoms with van der Waals surface area (Å²) in [6, 6.07) is 23.9. The van der Waals surface area contributed by atoms with Gasteiger partial charge in [0.2, 0.25) is 5.91 Å². The van der Waals surface area contributed by atoms with E-state index in [4.69, 9.17) is 4.74 Å². The van der Waals surface area contributed by atoms with E-state index in [9.17, 15) is 23.9 Å². The third kappa shape index (κ3) is 7.85. The average Bonchev–Trinajstić information content (AvgIpc) is 3.45. The van der Waals surface area contributed by atoms with Crippen LogP contribution in [-0.2, 0) is 25.7 Å². The maximum Gasteiger partial charge on any atom is 0.340 e. The van der Waals surface area contributed by atoms with E-state index in [1.165, 1.54) is 0 Å². The Bertz CT molecular complexity index is 1370. The second-order valence-electron chi connectivity index (χ2n) is 9.80. The summed E-state index contributed by atoms with van der Waals surface area (Å²) < 4.78 is 19.3. The Kier molecular flexibility index (Phi) is 10.3. The van der Waals surface area contributed by atoms with Crippen LogP contribution >= 0.6 is 0 Å². The highest BCUT2D eigenvalue weighted by molar-refractivity contribution is 6.17. The molecule has 1 aliphatic rings. The molecule has 1 fully saturated rings. The second kappa shape index (κ2) is 14.3. The topological polar surface area (TPSA) is 108 Å². The van der Waals surface area contributed by atoms with Crippen LogP contribution in [0.25, 0.3) is 0 Å². The van der Waals surface area contributed by atoms with Gasteiger partial charge in [0.25, 0.3) is 0 Å². The number of hydrogen-bond donors (Lipinski definition) is 2. The van der Waals surface area contributed by atoms with E-state index in [0.717, 1.165) is 18.5 Å². The Morgan fingerprint density at radius 3 is 2.37 bits per heavy atom. The molecule has 3 atom stereocenters. The van der Waals surface area contributed by atoms with Crippen LogP contribution in [0.5, 0.6) is 0 Å². The molecule has 4 rings (SSSR count). The molecule has 8 nitrogen and oxygen atoms in total.